The van der Waals surface area contributed by atoms with Crippen LogP contribution in [0.1, 0.15) is 108 Å². The first-order chi connectivity index (χ1) is 16.7. The number of benzene rings is 1. The van der Waals surface area contributed by atoms with Crippen LogP contribution in [0.5, 0.6) is 0 Å². The van der Waals surface area contributed by atoms with Gasteiger partial charge in [0, 0.05) is 25.0 Å². The van der Waals surface area contributed by atoms with Crippen LogP contribution in [0.25, 0.3) is 0 Å². The zero-order valence-electron chi connectivity index (χ0n) is 21.3. The second-order valence-electron chi connectivity index (χ2n) is 9.67. The Kier molecular flexibility index (Phi) is 15.0. The lowest BCUT2D eigenvalue weighted by Crippen LogP contribution is -2.36. The van der Waals surface area contributed by atoms with Gasteiger partial charge in [-0.1, -0.05) is 101 Å². The minimum Gasteiger partial charge on any atom is -0.386 e. The van der Waals surface area contributed by atoms with E-state index in [1.165, 1.54) is 70.6 Å². The number of amides is 1. The van der Waals surface area contributed by atoms with Gasteiger partial charge in [-0.25, -0.2) is 4.57 Å². The molecule has 188 valence electrons. The number of aromatic nitrogens is 1. The molecule has 0 aliphatic carbocycles. The van der Waals surface area contributed by atoms with Gasteiger partial charge in [0.2, 0.25) is 5.91 Å². The van der Waals surface area contributed by atoms with Crippen molar-refractivity contribution in [3.8, 4) is 0 Å². The lowest BCUT2D eigenvalue weighted by Gasteiger charge is -2.20. The maximum absolute atomic E-state index is 12.1. The molecule has 0 saturated heterocycles. The van der Waals surface area contributed by atoms with Crippen molar-refractivity contribution in [1.82, 2.24) is 5.32 Å². The van der Waals surface area contributed by atoms with Crippen LogP contribution in [0.4, 0.5) is 0 Å². The lowest BCUT2D eigenvalue weighted by atomic mass is 10.0. The number of nitrogens with one attached hydrogen (secondary N) is 1. The van der Waals surface area contributed by atoms with Gasteiger partial charge in [0.25, 0.3) is 0 Å². The van der Waals surface area contributed by atoms with Gasteiger partial charge >= 0.3 is 0 Å². The number of nitrogens with zero attached hydrogens (tertiary/aromatic N) is 1. The molecule has 1 heterocycles. The molecule has 0 saturated carbocycles. The zero-order chi connectivity index (χ0) is 24.3. The molecule has 4 heteroatoms. The Labute approximate surface area is 207 Å². The average molecular weight is 468 g/mol. The van der Waals surface area contributed by atoms with Gasteiger partial charge in [0.05, 0.1) is 12.1 Å². The van der Waals surface area contributed by atoms with E-state index in [0.29, 0.717) is 6.42 Å². The maximum Gasteiger partial charge on any atom is 0.220 e. The second kappa shape index (κ2) is 18.2. The monoisotopic (exact) mass is 467 g/mol. The molecule has 0 fully saturated rings. The third-order valence-corrected chi connectivity index (χ3v) is 6.60. The Morgan fingerprint density at radius 1 is 0.735 bits per heavy atom. The summed E-state index contributed by atoms with van der Waals surface area (Å²) in [5.41, 5.74) is 0.841. The Balaban J connectivity index is 1.32. The first-order valence-electron chi connectivity index (χ1n) is 13.6. The molecule has 2 rings (SSSR count). The van der Waals surface area contributed by atoms with Crippen molar-refractivity contribution in [2.24, 2.45) is 0 Å². The highest BCUT2D eigenvalue weighted by Crippen LogP contribution is 2.17. The van der Waals surface area contributed by atoms with E-state index >= 15 is 0 Å². The van der Waals surface area contributed by atoms with Crippen molar-refractivity contribution in [1.29, 1.82) is 0 Å². The van der Waals surface area contributed by atoms with Crippen LogP contribution in [0.2, 0.25) is 0 Å². The van der Waals surface area contributed by atoms with E-state index in [4.69, 9.17) is 0 Å². The van der Waals surface area contributed by atoms with Gasteiger partial charge < -0.3 is 10.4 Å². The number of hydrogen-bond acceptors (Lipinski definition) is 2. The van der Waals surface area contributed by atoms with E-state index < -0.39 is 6.10 Å². The summed E-state index contributed by atoms with van der Waals surface area (Å²) in [6.07, 6.45) is 20.9. The van der Waals surface area contributed by atoms with Gasteiger partial charge in [0.15, 0.2) is 12.4 Å². The standard InChI is InChI=1S/C30H46N2O2/c1-27(30(34)28-21-15-13-16-22-28)31-29(33)23-17-11-9-7-5-3-2-4-6-8-10-12-18-24-32-25-19-14-20-26-32/h13-16,19-22,25-27,30,34H,2-12,17-18,23-24H2,1H3/p+1/t27-,30+/m1/s1. The molecule has 34 heavy (non-hydrogen) atoms. The smallest absolute Gasteiger partial charge is 0.220 e. The number of aryl methyl sites for hydroxylation is 1. The van der Waals surface area contributed by atoms with Crippen molar-refractivity contribution in [3.05, 3.63) is 66.5 Å². The molecule has 0 unspecified atom stereocenters. The van der Waals surface area contributed by atoms with Gasteiger partial charge in [-0.3, -0.25) is 4.79 Å². The number of aliphatic hydroxyl groups is 1. The predicted molar refractivity (Wildman–Crippen MR) is 140 cm³/mol. The molecular weight excluding hydrogens is 420 g/mol. The summed E-state index contributed by atoms with van der Waals surface area (Å²) in [6, 6.07) is 15.5. The van der Waals surface area contributed by atoms with Crippen LogP contribution in [0.3, 0.4) is 0 Å². The van der Waals surface area contributed by atoms with E-state index in [-0.39, 0.29) is 11.9 Å². The van der Waals surface area contributed by atoms with Crippen LogP contribution in [-0.4, -0.2) is 17.1 Å². The Morgan fingerprint density at radius 3 is 1.76 bits per heavy atom. The fraction of sp³-hybridized carbons (Fsp3) is 0.600. The van der Waals surface area contributed by atoms with E-state index in [9.17, 15) is 9.90 Å². The fourth-order valence-electron chi connectivity index (χ4n) is 4.45. The van der Waals surface area contributed by atoms with Crippen molar-refractivity contribution in [2.75, 3.05) is 0 Å². The van der Waals surface area contributed by atoms with Crippen molar-refractivity contribution < 1.29 is 14.5 Å². The van der Waals surface area contributed by atoms with Crippen LogP contribution in [-0.2, 0) is 11.3 Å². The molecule has 2 N–H and O–H groups in total. The van der Waals surface area contributed by atoms with E-state index in [2.05, 4.69) is 40.5 Å². The highest BCUT2D eigenvalue weighted by molar-refractivity contribution is 5.76. The summed E-state index contributed by atoms with van der Waals surface area (Å²) in [7, 11) is 0. The molecule has 0 bridgehead atoms. The lowest BCUT2D eigenvalue weighted by molar-refractivity contribution is -0.697. The highest BCUT2D eigenvalue weighted by Gasteiger charge is 2.17. The number of rotatable bonds is 19. The normalized spacial score (nSPS) is 12.9. The molecule has 2 atom stereocenters. The summed E-state index contributed by atoms with van der Waals surface area (Å²) in [6.45, 7) is 3.00. The summed E-state index contributed by atoms with van der Waals surface area (Å²) in [4.78, 5) is 12.1. The van der Waals surface area contributed by atoms with Crippen LogP contribution < -0.4 is 9.88 Å². The minimum atomic E-state index is -0.663. The molecular formula is C30H47N2O2+. The maximum atomic E-state index is 12.1. The summed E-state index contributed by atoms with van der Waals surface area (Å²) >= 11 is 0. The molecule has 0 radical (unpaired) electrons. The quantitative estimate of drug-likeness (QED) is 0.179. The molecule has 0 aliphatic heterocycles. The first-order valence-corrected chi connectivity index (χ1v) is 13.6. The number of aliphatic hydroxyl groups excluding tert-OH is 1. The van der Waals surface area contributed by atoms with Crippen molar-refractivity contribution in [2.45, 2.75) is 116 Å². The van der Waals surface area contributed by atoms with Gasteiger partial charge in [-0.05, 0) is 25.3 Å². The zero-order valence-corrected chi connectivity index (χ0v) is 21.3. The third kappa shape index (κ3) is 12.9. The Hall–Kier alpha value is -2.20. The van der Waals surface area contributed by atoms with Gasteiger partial charge in [-0.2, -0.15) is 0 Å². The number of hydrogen-bond donors (Lipinski definition) is 2. The molecule has 1 amide bonds. The molecule has 0 spiro atoms. The fourth-order valence-corrected chi connectivity index (χ4v) is 4.45. The summed E-state index contributed by atoms with van der Waals surface area (Å²) in [5, 5.41) is 13.3. The largest absolute Gasteiger partial charge is 0.386 e. The van der Waals surface area contributed by atoms with Crippen molar-refractivity contribution in [3.63, 3.8) is 0 Å². The van der Waals surface area contributed by atoms with Crippen LogP contribution in [0, 0.1) is 0 Å². The minimum absolute atomic E-state index is 0.0429. The van der Waals surface area contributed by atoms with E-state index in [1.807, 2.05) is 37.3 Å². The van der Waals surface area contributed by atoms with Gasteiger partial charge in [-0.15, -0.1) is 0 Å². The molecule has 2 aromatic rings. The summed E-state index contributed by atoms with van der Waals surface area (Å²) < 4.78 is 2.27. The number of carbonyl (C=O) groups excluding carboxylic acids is 1. The SMILES string of the molecule is C[C@@H](NC(=O)CCCCCCCCCCCCCCC[n+]1ccccc1)[C@H](O)c1ccccc1. The molecule has 1 aromatic heterocycles. The van der Waals surface area contributed by atoms with Gasteiger partial charge in [0.1, 0.15) is 6.54 Å². The third-order valence-electron chi connectivity index (χ3n) is 6.60. The Morgan fingerprint density at radius 2 is 1.21 bits per heavy atom. The van der Waals surface area contributed by atoms with Crippen LogP contribution in [0.15, 0.2) is 60.9 Å². The summed E-state index contributed by atoms with van der Waals surface area (Å²) in [5.74, 6) is 0.0429. The van der Waals surface area contributed by atoms with Crippen LogP contribution >= 0.6 is 0 Å². The second-order valence-corrected chi connectivity index (χ2v) is 9.67. The number of unbranched alkanes of at least 4 members (excludes halogenated alkanes) is 12. The Bertz CT molecular complexity index is 751. The van der Waals surface area contributed by atoms with Crippen molar-refractivity contribution >= 4 is 5.91 Å². The first kappa shape index (κ1) is 28.0. The molecule has 4 nitrogen and oxygen atoms in total. The number of pyridine rings is 1. The molecule has 1 aromatic carbocycles. The highest BCUT2D eigenvalue weighted by atomic mass is 16.3. The number of carbonyl (C=O) groups is 1. The van der Waals surface area contributed by atoms with E-state index in [1.54, 1.807) is 0 Å². The van der Waals surface area contributed by atoms with E-state index in [0.717, 1.165) is 24.9 Å². The predicted octanol–water partition coefficient (Wildman–Crippen LogP) is 6.67. The average Bonchev–Trinajstić information content (AvgIpc) is 2.87. The molecule has 0 aliphatic rings. The topological polar surface area (TPSA) is 53.2 Å².